The molecular weight excluding hydrogens is 182 g/mol. The zero-order chi connectivity index (χ0) is 10.9. The maximum atomic E-state index is 4.58. The van der Waals surface area contributed by atoms with Crippen molar-refractivity contribution < 1.29 is 0 Å². The zero-order valence-electron chi connectivity index (χ0n) is 9.62. The van der Waals surface area contributed by atoms with Crippen molar-refractivity contribution in [2.75, 3.05) is 6.54 Å². The van der Waals surface area contributed by atoms with E-state index < -0.39 is 0 Å². The van der Waals surface area contributed by atoms with E-state index in [9.17, 15) is 0 Å². The molecule has 0 bridgehead atoms. The summed E-state index contributed by atoms with van der Waals surface area (Å²) in [5, 5.41) is 0. The highest BCUT2D eigenvalue weighted by Crippen LogP contribution is 2.31. The van der Waals surface area contributed by atoms with E-state index in [-0.39, 0.29) is 5.41 Å². The van der Waals surface area contributed by atoms with Gasteiger partial charge in [0.25, 0.3) is 0 Å². The van der Waals surface area contributed by atoms with Crippen LogP contribution in [-0.4, -0.2) is 12.3 Å². The molecule has 1 heteroatoms. The molecule has 15 heavy (non-hydrogen) atoms. The Morgan fingerprint density at radius 3 is 2.33 bits per heavy atom. The molecule has 0 aromatic heterocycles. The summed E-state index contributed by atoms with van der Waals surface area (Å²) in [4.78, 5) is 4.58. The van der Waals surface area contributed by atoms with Crippen LogP contribution < -0.4 is 0 Å². The molecular formula is C14H17N. The fourth-order valence-electron chi connectivity index (χ4n) is 1.91. The van der Waals surface area contributed by atoms with Crippen LogP contribution in [0.4, 0.5) is 0 Å². The van der Waals surface area contributed by atoms with Gasteiger partial charge in [0.1, 0.15) is 0 Å². The van der Waals surface area contributed by atoms with Gasteiger partial charge in [0.15, 0.2) is 0 Å². The quantitative estimate of drug-likeness (QED) is 0.656. The van der Waals surface area contributed by atoms with Gasteiger partial charge in [-0.3, -0.25) is 4.99 Å². The second kappa shape index (κ2) is 3.65. The first-order chi connectivity index (χ1) is 7.09. The number of hydrogen-bond donors (Lipinski definition) is 0. The Morgan fingerprint density at radius 2 is 1.73 bits per heavy atom. The minimum absolute atomic E-state index is 0.186. The van der Waals surface area contributed by atoms with E-state index >= 15 is 0 Å². The lowest BCUT2D eigenvalue weighted by molar-refractivity contribution is 0.525. The average Bonchev–Trinajstić information content (AvgIpc) is 2.67. The first-order valence-electron chi connectivity index (χ1n) is 5.40. The molecule has 1 heterocycles. The van der Waals surface area contributed by atoms with Gasteiger partial charge in [-0.1, -0.05) is 57.2 Å². The molecule has 2 rings (SSSR count). The Balaban J connectivity index is 2.37. The fourth-order valence-corrected chi connectivity index (χ4v) is 1.91. The third kappa shape index (κ3) is 2.01. The van der Waals surface area contributed by atoms with Crippen LogP contribution in [0.25, 0.3) is 0 Å². The molecule has 1 aromatic carbocycles. The molecule has 1 nitrogen and oxygen atoms in total. The van der Waals surface area contributed by atoms with Crippen LogP contribution in [0.5, 0.6) is 0 Å². The van der Waals surface area contributed by atoms with Gasteiger partial charge in [-0.05, 0) is 16.6 Å². The second-order valence-electron chi connectivity index (χ2n) is 4.92. The second-order valence-corrected chi connectivity index (χ2v) is 4.92. The molecule has 78 valence electrons. The molecule has 0 N–H and O–H groups in total. The van der Waals surface area contributed by atoms with Gasteiger partial charge in [-0.25, -0.2) is 0 Å². The van der Waals surface area contributed by atoms with Crippen LogP contribution in [0.1, 0.15) is 26.3 Å². The Hall–Kier alpha value is -1.37. The summed E-state index contributed by atoms with van der Waals surface area (Å²) in [5.41, 5.74) is 3.96. The van der Waals surface area contributed by atoms with Crippen molar-refractivity contribution in [3.63, 3.8) is 0 Å². The van der Waals surface area contributed by atoms with E-state index in [1.807, 2.05) is 6.07 Å². The SMILES string of the molecule is CC(C)(C)C1=CCN=C1c1ccccc1. The Labute approximate surface area is 91.6 Å². The lowest BCUT2D eigenvalue weighted by atomic mass is 9.82. The third-order valence-corrected chi connectivity index (χ3v) is 2.66. The Bertz CT molecular complexity index is 405. The predicted molar refractivity (Wildman–Crippen MR) is 65.4 cm³/mol. The first kappa shape index (κ1) is 10.2. The summed E-state index contributed by atoms with van der Waals surface area (Å²) in [6.07, 6.45) is 2.24. The molecule has 0 radical (unpaired) electrons. The highest BCUT2D eigenvalue weighted by Gasteiger charge is 2.24. The van der Waals surface area contributed by atoms with Crippen LogP contribution in [0.2, 0.25) is 0 Å². The van der Waals surface area contributed by atoms with Crippen molar-refractivity contribution in [3.05, 3.63) is 47.5 Å². The van der Waals surface area contributed by atoms with Gasteiger partial charge < -0.3 is 0 Å². The molecule has 0 fully saturated rings. The molecule has 1 aliphatic heterocycles. The summed E-state index contributed by atoms with van der Waals surface area (Å²) < 4.78 is 0. The predicted octanol–water partition coefficient (Wildman–Crippen LogP) is 3.46. The molecule has 0 spiro atoms. The lowest BCUT2D eigenvalue weighted by Gasteiger charge is -2.22. The van der Waals surface area contributed by atoms with Crippen molar-refractivity contribution in [1.29, 1.82) is 0 Å². The van der Waals surface area contributed by atoms with Crippen LogP contribution in [-0.2, 0) is 0 Å². The molecule has 0 atom stereocenters. The molecule has 0 saturated heterocycles. The Morgan fingerprint density at radius 1 is 1.07 bits per heavy atom. The highest BCUT2D eigenvalue weighted by atomic mass is 14.8. The minimum atomic E-state index is 0.186. The van der Waals surface area contributed by atoms with Gasteiger partial charge in [-0.2, -0.15) is 0 Å². The van der Waals surface area contributed by atoms with Gasteiger partial charge in [0.05, 0.1) is 12.3 Å². The van der Waals surface area contributed by atoms with E-state index in [1.54, 1.807) is 0 Å². The first-order valence-corrected chi connectivity index (χ1v) is 5.40. The molecule has 1 aromatic rings. The number of aliphatic imine (C=N–C) groups is 1. The number of hydrogen-bond acceptors (Lipinski definition) is 1. The standard InChI is InChI=1S/C14H17N/c1-14(2,3)12-9-10-15-13(12)11-7-5-4-6-8-11/h4-9H,10H2,1-3H3. The summed E-state index contributed by atoms with van der Waals surface area (Å²) in [6.45, 7) is 7.55. The minimum Gasteiger partial charge on any atom is -0.280 e. The number of benzene rings is 1. The van der Waals surface area contributed by atoms with E-state index in [0.29, 0.717) is 0 Å². The van der Waals surface area contributed by atoms with Crippen molar-refractivity contribution in [1.82, 2.24) is 0 Å². The fraction of sp³-hybridized carbons (Fsp3) is 0.357. The van der Waals surface area contributed by atoms with Crippen molar-refractivity contribution in [2.24, 2.45) is 10.4 Å². The molecule has 0 saturated carbocycles. The largest absolute Gasteiger partial charge is 0.280 e. The Kier molecular flexibility index (Phi) is 2.47. The maximum absolute atomic E-state index is 4.58. The normalized spacial score (nSPS) is 16.2. The van der Waals surface area contributed by atoms with Crippen LogP contribution in [0.15, 0.2) is 47.0 Å². The molecule has 0 amide bonds. The molecule has 0 aliphatic carbocycles. The summed E-state index contributed by atoms with van der Waals surface area (Å²) >= 11 is 0. The van der Waals surface area contributed by atoms with Crippen molar-refractivity contribution in [3.8, 4) is 0 Å². The zero-order valence-corrected chi connectivity index (χ0v) is 9.62. The number of nitrogens with zero attached hydrogens (tertiary/aromatic N) is 1. The number of rotatable bonds is 1. The van der Waals surface area contributed by atoms with Gasteiger partial charge in [0.2, 0.25) is 0 Å². The van der Waals surface area contributed by atoms with E-state index in [0.717, 1.165) is 6.54 Å². The average molecular weight is 199 g/mol. The highest BCUT2D eigenvalue weighted by molar-refractivity contribution is 6.14. The monoisotopic (exact) mass is 199 g/mol. The molecule has 1 aliphatic rings. The van der Waals surface area contributed by atoms with Crippen molar-refractivity contribution in [2.45, 2.75) is 20.8 Å². The van der Waals surface area contributed by atoms with E-state index in [4.69, 9.17) is 0 Å². The van der Waals surface area contributed by atoms with Crippen LogP contribution >= 0.6 is 0 Å². The van der Waals surface area contributed by atoms with Crippen LogP contribution in [0, 0.1) is 5.41 Å². The third-order valence-electron chi connectivity index (χ3n) is 2.66. The maximum Gasteiger partial charge on any atom is 0.0685 e. The van der Waals surface area contributed by atoms with Gasteiger partial charge in [-0.15, -0.1) is 0 Å². The van der Waals surface area contributed by atoms with Crippen LogP contribution in [0.3, 0.4) is 0 Å². The van der Waals surface area contributed by atoms with Gasteiger partial charge in [0, 0.05) is 0 Å². The van der Waals surface area contributed by atoms with Crippen molar-refractivity contribution >= 4 is 5.71 Å². The summed E-state index contributed by atoms with van der Waals surface area (Å²) in [6, 6.07) is 10.4. The number of allylic oxidation sites excluding steroid dienone is 1. The van der Waals surface area contributed by atoms with E-state index in [2.05, 4.69) is 56.1 Å². The summed E-state index contributed by atoms with van der Waals surface area (Å²) in [7, 11) is 0. The smallest absolute Gasteiger partial charge is 0.0685 e. The summed E-state index contributed by atoms with van der Waals surface area (Å²) in [5.74, 6) is 0. The van der Waals surface area contributed by atoms with E-state index in [1.165, 1.54) is 16.8 Å². The molecule has 0 unspecified atom stereocenters. The lowest BCUT2D eigenvalue weighted by Crippen LogP contribution is -2.16. The van der Waals surface area contributed by atoms with Gasteiger partial charge >= 0.3 is 0 Å². The topological polar surface area (TPSA) is 12.4 Å².